The first-order chi connectivity index (χ1) is 11.7. The van der Waals surface area contributed by atoms with Crippen LogP contribution in [0.2, 0.25) is 0 Å². The standard InChI is InChI=1S/C19H26N2O3/c22-18(14-4-1-5-14)20-11-8-15(9-12-20)19(23)21-10-2-6-16(21)17-7-3-13-24-17/h3,7,13-16H,1-2,4-6,8-12H2. The average molecular weight is 330 g/mol. The number of rotatable bonds is 3. The van der Waals surface area contributed by atoms with E-state index in [9.17, 15) is 9.59 Å². The molecule has 0 N–H and O–H groups in total. The third-order valence-corrected chi connectivity index (χ3v) is 6.02. The number of carbonyl (C=O) groups excluding carboxylic acids is 2. The zero-order valence-electron chi connectivity index (χ0n) is 14.2. The summed E-state index contributed by atoms with van der Waals surface area (Å²) in [5.41, 5.74) is 0. The fraction of sp³-hybridized carbons (Fsp3) is 0.684. The van der Waals surface area contributed by atoms with Crippen molar-refractivity contribution in [3.05, 3.63) is 24.2 Å². The van der Waals surface area contributed by atoms with Gasteiger partial charge < -0.3 is 14.2 Å². The van der Waals surface area contributed by atoms with Crippen molar-refractivity contribution >= 4 is 11.8 Å². The van der Waals surface area contributed by atoms with E-state index in [1.54, 1.807) is 6.26 Å². The Balaban J connectivity index is 1.35. The first-order valence-electron chi connectivity index (χ1n) is 9.36. The highest BCUT2D eigenvalue weighted by atomic mass is 16.3. The lowest BCUT2D eigenvalue weighted by molar-refractivity contribution is -0.144. The van der Waals surface area contributed by atoms with E-state index in [-0.39, 0.29) is 23.8 Å². The van der Waals surface area contributed by atoms with E-state index < -0.39 is 0 Å². The molecule has 24 heavy (non-hydrogen) atoms. The Kier molecular flexibility index (Phi) is 4.33. The fourth-order valence-electron chi connectivity index (χ4n) is 4.30. The Bertz CT molecular complexity index is 586. The Labute approximate surface area is 143 Å². The molecule has 1 atom stereocenters. The summed E-state index contributed by atoms with van der Waals surface area (Å²) in [6, 6.07) is 3.96. The highest BCUT2D eigenvalue weighted by Gasteiger charge is 2.38. The molecule has 0 spiro atoms. The second-order valence-electron chi connectivity index (χ2n) is 7.43. The van der Waals surface area contributed by atoms with Gasteiger partial charge in [0.1, 0.15) is 5.76 Å². The summed E-state index contributed by atoms with van der Waals surface area (Å²) in [6.45, 7) is 2.31. The fourth-order valence-corrected chi connectivity index (χ4v) is 4.30. The Hall–Kier alpha value is -1.78. The van der Waals surface area contributed by atoms with Gasteiger partial charge in [-0.3, -0.25) is 9.59 Å². The third-order valence-electron chi connectivity index (χ3n) is 6.02. The van der Waals surface area contributed by atoms with E-state index in [0.29, 0.717) is 5.91 Å². The minimum Gasteiger partial charge on any atom is -0.467 e. The van der Waals surface area contributed by atoms with Crippen molar-refractivity contribution in [1.29, 1.82) is 0 Å². The Morgan fingerprint density at radius 2 is 1.67 bits per heavy atom. The summed E-state index contributed by atoms with van der Waals surface area (Å²) in [5.74, 6) is 1.80. The summed E-state index contributed by atoms with van der Waals surface area (Å²) in [4.78, 5) is 29.3. The molecular formula is C19H26N2O3. The number of hydrogen-bond acceptors (Lipinski definition) is 3. The van der Waals surface area contributed by atoms with Gasteiger partial charge in [-0.15, -0.1) is 0 Å². The average Bonchev–Trinajstić information content (AvgIpc) is 3.23. The number of nitrogens with zero attached hydrogens (tertiary/aromatic N) is 2. The Morgan fingerprint density at radius 3 is 2.29 bits per heavy atom. The monoisotopic (exact) mass is 330 g/mol. The van der Waals surface area contributed by atoms with Crippen LogP contribution in [0, 0.1) is 11.8 Å². The van der Waals surface area contributed by atoms with Crippen LogP contribution in [0.1, 0.15) is 56.7 Å². The SMILES string of the molecule is O=C(C1CCC1)N1CCC(C(=O)N2CCCC2c2ccco2)CC1. The van der Waals surface area contributed by atoms with Crippen LogP contribution in [0.25, 0.3) is 0 Å². The number of piperidine rings is 1. The molecule has 5 heteroatoms. The maximum absolute atomic E-state index is 13.0. The summed E-state index contributed by atoms with van der Waals surface area (Å²) in [5, 5.41) is 0. The van der Waals surface area contributed by atoms with E-state index >= 15 is 0 Å². The van der Waals surface area contributed by atoms with Crippen LogP contribution >= 0.6 is 0 Å². The predicted molar refractivity (Wildman–Crippen MR) is 89.0 cm³/mol. The molecule has 3 fully saturated rings. The third kappa shape index (κ3) is 2.85. The van der Waals surface area contributed by atoms with E-state index in [0.717, 1.165) is 63.9 Å². The second kappa shape index (κ2) is 6.61. The minimum atomic E-state index is 0.0611. The number of carbonyl (C=O) groups is 2. The molecule has 5 nitrogen and oxygen atoms in total. The molecule has 0 bridgehead atoms. The molecule has 1 saturated carbocycles. The van der Waals surface area contributed by atoms with Crippen molar-refractivity contribution in [1.82, 2.24) is 9.80 Å². The molecule has 4 rings (SSSR count). The zero-order valence-corrected chi connectivity index (χ0v) is 14.2. The van der Waals surface area contributed by atoms with Crippen LogP contribution in [0.15, 0.2) is 22.8 Å². The summed E-state index contributed by atoms with van der Waals surface area (Å²) in [7, 11) is 0. The van der Waals surface area contributed by atoms with Crippen molar-refractivity contribution in [2.75, 3.05) is 19.6 Å². The molecule has 2 aliphatic heterocycles. The zero-order chi connectivity index (χ0) is 16.5. The van der Waals surface area contributed by atoms with E-state index in [1.165, 1.54) is 6.42 Å². The van der Waals surface area contributed by atoms with Crippen LogP contribution in [0.3, 0.4) is 0 Å². The Morgan fingerprint density at radius 1 is 0.917 bits per heavy atom. The second-order valence-corrected chi connectivity index (χ2v) is 7.43. The van der Waals surface area contributed by atoms with Gasteiger partial charge in [0, 0.05) is 31.5 Å². The molecule has 1 aromatic heterocycles. The number of furan rings is 1. The summed E-state index contributed by atoms with van der Waals surface area (Å²) in [6.07, 6.45) is 8.60. The van der Waals surface area contributed by atoms with Gasteiger partial charge in [0.05, 0.1) is 12.3 Å². The van der Waals surface area contributed by atoms with E-state index in [4.69, 9.17) is 4.42 Å². The quantitative estimate of drug-likeness (QED) is 0.856. The van der Waals surface area contributed by atoms with Crippen molar-refractivity contribution in [3.63, 3.8) is 0 Å². The molecule has 130 valence electrons. The highest BCUT2D eigenvalue weighted by molar-refractivity contribution is 5.82. The lowest BCUT2D eigenvalue weighted by Gasteiger charge is -2.37. The highest BCUT2D eigenvalue weighted by Crippen LogP contribution is 2.35. The van der Waals surface area contributed by atoms with Crippen LogP contribution in [0.5, 0.6) is 0 Å². The molecule has 0 aromatic carbocycles. The van der Waals surface area contributed by atoms with Crippen molar-refractivity contribution in [2.24, 2.45) is 11.8 Å². The van der Waals surface area contributed by atoms with Crippen LogP contribution in [-0.2, 0) is 9.59 Å². The normalized spacial score (nSPS) is 25.8. The topological polar surface area (TPSA) is 53.8 Å². The molecule has 1 unspecified atom stereocenters. The number of hydrogen-bond donors (Lipinski definition) is 0. The van der Waals surface area contributed by atoms with Gasteiger partial charge in [-0.1, -0.05) is 6.42 Å². The smallest absolute Gasteiger partial charge is 0.226 e. The maximum atomic E-state index is 13.0. The van der Waals surface area contributed by atoms with Gasteiger partial charge >= 0.3 is 0 Å². The molecule has 3 heterocycles. The summed E-state index contributed by atoms with van der Waals surface area (Å²) < 4.78 is 5.53. The van der Waals surface area contributed by atoms with Crippen LogP contribution in [-0.4, -0.2) is 41.2 Å². The minimum absolute atomic E-state index is 0.0611. The largest absolute Gasteiger partial charge is 0.467 e. The molecule has 1 aliphatic carbocycles. The van der Waals surface area contributed by atoms with Crippen LogP contribution in [0.4, 0.5) is 0 Å². The van der Waals surface area contributed by atoms with Crippen molar-refractivity contribution < 1.29 is 14.0 Å². The number of likely N-dealkylation sites (tertiary alicyclic amines) is 2. The summed E-state index contributed by atoms with van der Waals surface area (Å²) >= 11 is 0. The first-order valence-corrected chi connectivity index (χ1v) is 9.36. The van der Waals surface area contributed by atoms with Crippen LogP contribution < -0.4 is 0 Å². The van der Waals surface area contributed by atoms with E-state index in [2.05, 4.69) is 0 Å². The lowest BCUT2D eigenvalue weighted by Crippen LogP contribution is -2.46. The van der Waals surface area contributed by atoms with Crippen molar-refractivity contribution in [3.8, 4) is 0 Å². The lowest BCUT2D eigenvalue weighted by atomic mass is 9.83. The molecular weight excluding hydrogens is 304 g/mol. The van der Waals surface area contributed by atoms with Gasteiger partial charge in [0.15, 0.2) is 0 Å². The number of amides is 2. The predicted octanol–water partition coefficient (Wildman–Crippen LogP) is 2.98. The van der Waals surface area contributed by atoms with Crippen molar-refractivity contribution in [2.45, 2.75) is 51.0 Å². The molecule has 2 amide bonds. The van der Waals surface area contributed by atoms with Gasteiger partial charge in [-0.05, 0) is 50.7 Å². The molecule has 0 radical (unpaired) electrons. The van der Waals surface area contributed by atoms with Gasteiger partial charge in [-0.25, -0.2) is 0 Å². The van der Waals surface area contributed by atoms with Gasteiger partial charge in [-0.2, -0.15) is 0 Å². The van der Waals surface area contributed by atoms with Gasteiger partial charge in [0.2, 0.25) is 11.8 Å². The maximum Gasteiger partial charge on any atom is 0.226 e. The first kappa shape index (κ1) is 15.7. The molecule has 1 aromatic rings. The molecule has 3 aliphatic rings. The van der Waals surface area contributed by atoms with Gasteiger partial charge in [0.25, 0.3) is 0 Å². The van der Waals surface area contributed by atoms with E-state index in [1.807, 2.05) is 21.9 Å². The molecule has 2 saturated heterocycles.